The molecule has 1 N–H and O–H groups in total. The van der Waals surface area contributed by atoms with Crippen LogP contribution in [-0.4, -0.2) is 65.6 Å². The highest BCUT2D eigenvalue weighted by Gasteiger charge is 2.23. The van der Waals surface area contributed by atoms with Gasteiger partial charge in [0, 0.05) is 38.3 Å². The maximum absolute atomic E-state index is 12.8. The Hall–Kier alpha value is -1.30. The predicted molar refractivity (Wildman–Crippen MR) is 79.9 cm³/mol. The first-order valence-electron chi connectivity index (χ1n) is 7.29. The Morgan fingerprint density at radius 1 is 1.14 bits per heavy atom. The molecule has 0 bridgehead atoms. The van der Waals surface area contributed by atoms with E-state index in [2.05, 4.69) is 9.80 Å². The van der Waals surface area contributed by atoms with Gasteiger partial charge in [-0.05, 0) is 38.1 Å². The van der Waals surface area contributed by atoms with Gasteiger partial charge < -0.3 is 5.11 Å². The van der Waals surface area contributed by atoms with Crippen molar-refractivity contribution in [3.05, 3.63) is 35.6 Å². The number of nitrogens with zero attached hydrogens (tertiary/aromatic N) is 2. The molecule has 5 heteroatoms. The molecule has 1 aliphatic rings. The molecule has 0 aromatic heterocycles. The number of β-amino-alcohol motifs (C(OH)–C–C–N with tert-alkyl or cyclic N) is 1. The maximum atomic E-state index is 12.8. The number of carbonyl (C=O) groups is 1. The third-order valence-corrected chi connectivity index (χ3v) is 3.61. The number of aliphatic hydroxyl groups is 1. The Bertz CT molecular complexity index is 474. The van der Waals surface area contributed by atoms with Crippen LogP contribution in [0.1, 0.15) is 24.2 Å². The fraction of sp³-hybridized carbons (Fsp3) is 0.562. The first-order valence-corrected chi connectivity index (χ1v) is 7.29. The molecule has 0 unspecified atom stereocenters. The Labute approximate surface area is 125 Å². The zero-order chi connectivity index (χ0) is 15.5. The third-order valence-electron chi connectivity index (χ3n) is 3.61. The molecular formula is C16H23FN2O2. The molecule has 0 radical (unpaired) electrons. The Balaban J connectivity index is 1.80. The van der Waals surface area contributed by atoms with Crippen molar-refractivity contribution in [3.8, 4) is 0 Å². The van der Waals surface area contributed by atoms with Gasteiger partial charge in [-0.3, -0.25) is 14.6 Å². The second-order valence-corrected chi connectivity index (χ2v) is 6.29. The van der Waals surface area contributed by atoms with E-state index in [4.69, 9.17) is 0 Å². The second kappa shape index (κ2) is 6.64. The van der Waals surface area contributed by atoms with Crippen molar-refractivity contribution in [3.63, 3.8) is 0 Å². The summed E-state index contributed by atoms with van der Waals surface area (Å²) in [6, 6.07) is 5.69. The van der Waals surface area contributed by atoms with Gasteiger partial charge in [0.1, 0.15) is 5.82 Å². The number of halogens is 1. The largest absolute Gasteiger partial charge is 0.389 e. The highest BCUT2D eigenvalue weighted by atomic mass is 19.1. The summed E-state index contributed by atoms with van der Waals surface area (Å²) in [5.74, 6) is -0.308. The van der Waals surface area contributed by atoms with Crippen LogP contribution >= 0.6 is 0 Å². The summed E-state index contributed by atoms with van der Waals surface area (Å²) >= 11 is 0. The smallest absolute Gasteiger partial charge is 0.176 e. The summed E-state index contributed by atoms with van der Waals surface area (Å²) in [6.07, 6.45) is 0. The Kier molecular flexibility index (Phi) is 5.08. The van der Waals surface area contributed by atoms with Crippen LogP contribution < -0.4 is 0 Å². The van der Waals surface area contributed by atoms with Crippen molar-refractivity contribution in [1.29, 1.82) is 0 Å². The van der Waals surface area contributed by atoms with E-state index in [1.165, 1.54) is 24.3 Å². The van der Waals surface area contributed by atoms with Crippen molar-refractivity contribution < 1.29 is 14.3 Å². The van der Waals surface area contributed by atoms with Crippen molar-refractivity contribution in [2.45, 2.75) is 19.4 Å². The molecule has 0 atom stereocenters. The van der Waals surface area contributed by atoms with Crippen molar-refractivity contribution >= 4 is 5.78 Å². The molecule has 21 heavy (non-hydrogen) atoms. The molecule has 2 rings (SSSR count). The van der Waals surface area contributed by atoms with Crippen LogP contribution in [0.15, 0.2) is 24.3 Å². The molecule has 1 heterocycles. The van der Waals surface area contributed by atoms with E-state index in [0.717, 1.165) is 26.2 Å². The topological polar surface area (TPSA) is 43.8 Å². The molecule has 1 aliphatic heterocycles. The number of ketones is 1. The van der Waals surface area contributed by atoms with Gasteiger partial charge in [0.05, 0.1) is 12.1 Å². The first-order chi connectivity index (χ1) is 9.83. The summed E-state index contributed by atoms with van der Waals surface area (Å²) in [4.78, 5) is 16.4. The van der Waals surface area contributed by atoms with Crippen LogP contribution in [0.4, 0.5) is 4.39 Å². The van der Waals surface area contributed by atoms with Crippen LogP contribution in [0.3, 0.4) is 0 Å². The highest BCUT2D eigenvalue weighted by Crippen LogP contribution is 2.10. The Morgan fingerprint density at radius 2 is 1.67 bits per heavy atom. The quantitative estimate of drug-likeness (QED) is 0.834. The van der Waals surface area contributed by atoms with Gasteiger partial charge in [0.25, 0.3) is 0 Å². The normalized spacial score (nSPS) is 17.9. The number of piperazine rings is 1. The molecule has 116 valence electrons. The van der Waals surface area contributed by atoms with Crippen molar-refractivity contribution in [2.75, 3.05) is 39.3 Å². The molecule has 0 saturated carbocycles. The van der Waals surface area contributed by atoms with Crippen molar-refractivity contribution in [2.24, 2.45) is 0 Å². The lowest BCUT2D eigenvalue weighted by Crippen LogP contribution is -2.51. The van der Waals surface area contributed by atoms with E-state index in [9.17, 15) is 14.3 Å². The molecule has 1 aromatic carbocycles. The van der Waals surface area contributed by atoms with Crippen LogP contribution in [0, 0.1) is 5.82 Å². The lowest BCUT2D eigenvalue weighted by atomic mass is 10.1. The zero-order valence-corrected chi connectivity index (χ0v) is 12.7. The monoisotopic (exact) mass is 294 g/mol. The van der Waals surface area contributed by atoms with E-state index < -0.39 is 5.60 Å². The average molecular weight is 294 g/mol. The molecule has 1 aromatic rings. The molecule has 1 saturated heterocycles. The van der Waals surface area contributed by atoms with Crippen LogP contribution in [0.5, 0.6) is 0 Å². The lowest BCUT2D eigenvalue weighted by Gasteiger charge is -2.37. The van der Waals surface area contributed by atoms with Gasteiger partial charge in [-0.25, -0.2) is 4.39 Å². The summed E-state index contributed by atoms with van der Waals surface area (Å²) in [5, 5.41) is 9.81. The molecule has 4 nitrogen and oxygen atoms in total. The van der Waals surface area contributed by atoms with Crippen molar-refractivity contribution in [1.82, 2.24) is 9.80 Å². The van der Waals surface area contributed by atoms with Crippen LogP contribution in [0.2, 0.25) is 0 Å². The summed E-state index contributed by atoms with van der Waals surface area (Å²) in [5.41, 5.74) is -0.137. The number of hydrogen-bond acceptors (Lipinski definition) is 4. The molecular weight excluding hydrogens is 271 g/mol. The zero-order valence-electron chi connectivity index (χ0n) is 12.7. The number of hydrogen-bond donors (Lipinski definition) is 1. The van der Waals surface area contributed by atoms with Gasteiger partial charge in [-0.1, -0.05) is 0 Å². The minimum Gasteiger partial charge on any atom is -0.389 e. The fourth-order valence-electron chi connectivity index (χ4n) is 2.58. The maximum Gasteiger partial charge on any atom is 0.176 e. The fourth-order valence-corrected chi connectivity index (χ4v) is 2.58. The van der Waals surface area contributed by atoms with Gasteiger partial charge in [0.15, 0.2) is 5.78 Å². The molecule has 0 amide bonds. The van der Waals surface area contributed by atoms with E-state index in [-0.39, 0.29) is 11.6 Å². The van der Waals surface area contributed by atoms with Crippen LogP contribution in [0.25, 0.3) is 0 Å². The minimum absolute atomic E-state index is 0.0194. The predicted octanol–water partition coefficient (Wildman–Crippen LogP) is 1.40. The van der Waals surface area contributed by atoms with E-state index in [1.807, 2.05) is 0 Å². The number of benzene rings is 1. The molecule has 0 aliphatic carbocycles. The lowest BCUT2D eigenvalue weighted by molar-refractivity contribution is 0.0179. The molecule has 1 fully saturated rings. The summed E-state index contributed by atoms with van der Waals surface area (Å²) in [7, 11) is 0. The van der Waals surface area contributed by atoms with E-state index in [0.29, 0.717) is 18.7 Å². The van der Waals surface area contributed by atoms with Gasteiger partial charge in [-0.15, -0.1) is 0 Å². The van der Waals surface area contributed by atoms with Gasteiger partial charge in [0.2, 0.25) is 0 Å². The van der Waals surface area contributed by atoms with E-state index >= 15 is 0 Å². The van der Waals surface area contributed by atoms with Gasteiger partial charge in [-0.2, -0.15) is 0 Å². The minimum atomic E-state index is -0.688. The third kappa shape index (κ3) is 5.19. The van der Waals surface area contributed by atoms with Gasteiger partial charge >= 0.3 is 0 Å². The SMILES string of the molecule is CC(C)(O)CN1CCN(CC(=O)c2ccc(F)cc2)CC1. The first kappa shape index (κ1) is 16.1. The molecule has 0 spiro atoms. The summed E-state index contributed by atoms with van der Waals surface area (Å²) < 4.78 is 12.8. The van der Waals surface area contributed by atoms with Crippen LogP contribution in [-0.2, 0) is 0 Å². The number of rotatable bonds is 5. The Morgan fingerprint density at radius 3 is 2.19 bits per heavy atom. The number of carbonyl (C=O) groups excluding carboxylic acids is 1. The highest BCUT2D eigenvalue weighted by molar-refractivity contribution is 5.97. The standard InChI is InChI=1S/C16H23FN2O2/c1-16(2,21)12-19-9-7-18(8-10-19)11-15(20)13-3-5-14(17)6-4-13/h3-6,21H,7-12H2,1-2H3. The number of Topliss-reactive ketones (excluding diaryl/α,β-unsaturated/α-hetero) is 1. The van der Waals surface area contributed by atoms with E-state index in [1.54, 1.807) is 13.8 Å². The summed E-state index contributed by atoms with van der Waals surface area (Å²) in [6.45, 7) is 7.93. The second-order valence-electron chi connectivity index (χ2n) is 6.29. The average Bonchev–Trinajstić information content (AvgIpc) is 2.40.